The highest BCUT2D eigenvalue weighted by Gasteiger charge is 2.47. The predicted molar refractivity (Wildman–Crippen MR) is 64.7 cm³/mol. The molecule has 1 aliphatic heterocycles. The van der Waals surface area contributed by atoms with Crippen molar-refractivity contribution < 1.29 is 9.90 Å². The molecule has 0 radical (unpaired) electrons. The Morgan fingerprint density at radius 2 is 2.06 bits per heavy atom. The van der Waals surface area contributed by atoms with Crippen LogP contribution >= 0.6 is 0 Å². The molecule has 1 amide bonds. The van der Waals surface area contributed by atoms with Gasteiger partial charge in [-0.3, -0.25) is 0 Å². The number of allylic oxidation sites excluding steroid dienone is 1. The fourth-order valence-electron chi connectivity index (χ4n) is 3.42. The van der Waals surface area contributed by atoms with Gasteiger partial charge in [0.15, 0.2) is 0 Å². The molecule has 1 spiro atoms. The molecule has 1 unspecified atom stereocenters. The van der Waals surface area contributed by atoms with Crippen LogP contribution in [0.1, 0.15) is 32.1 Å². The van der Waals surface area contributed by atoms with Crippen LogP contribution in [0.4, 0.5) is 4.79 Å². The lowest BCUT2D eigenvalue weighted by Gasteiger charge is -2.42. The molecule has 3 aliphatic rings. The highest BCUT2D eigenvalue weighted by Crippen LogP contribution is 2.51. The van der Waals surface area contributed by atoms with Gasteiger partial charge in [-0.25, -0.2) is 4.79 Å². The van der Waals surface area contributed by atoms with E-state index in [0.717, 1.165) is 25.2 Å². The van der Waals surface area contributed by atoms with Crippen LogP contribution in [0, 0.1) is 11.3 Å². The minimum atomic E-state index is -0.790. The lowest BCUT2D eigenvalue weighted by atomic mass is 9.72. The molecule has 3 N–H and O–H groups in total. The normalized spacial score (nSPS) is 31.7. The summed E-state index contributed by atoms with van der Waals surface area (Å²) in [5.74, 6) is 0.752. The largest absolute Gasteiger partial charge is 0.465 e. The van der Waals surface area contributed by atoms with Crippen LogP contribution in [0.5, 0.6) is 0 Å². The lowest BCUT2D eigenvalue weighted by molar-refractivity contribution is 0.0859. The third-order valence-electron chi connectivity index (χ3n) is 4.84. The third kappa shape index (κ3) is 1.75. The number of hydrogen-bond acceptors (Lipinski definition) is 2. The predicted octanol–water partition coefficient (Wildman–Crippen LogP) is 1.81. The summed E-state index contributed by atoms with van der Waals surface area (Å²) in [6.45, 7) is 1.30. The van der Waals surface area contributed by atoms with Crippen molar-refractivity contribution in [2.45, 2.75) is 38.1 Å². The number of amides is 1. The van der Waals surface area contributed by atoms with Crippen LogP contribution in [-0.4, -0.2) is 35.2 Å². The smallest absolute Gasteiger partial charge is 0.407 e. The molecule has 3 rings (SSSR count). The van der Waals surface area contributed by atoms with Crippen molar-refractivity contribution in [1.29, 1.82) is 0 Å². The molecule has 17 heavy (non-hydrogen) atoms. The van der Waals surface area contributed by atoms with Crippen LogP contribution in [0.25, 0.3) is 0 Å². The van der Waals surface area contributed by atoms with E-state index in [1.165, 1.54) is 23.3 Å². The van der Waals surface area contributed by atoms with Crippen LogP contribution < -0.4 is 5.73 Å². The highest BCUT2D eigenvalue weighted by atomic mass is 16.4. The van der Waals surface area contributed by atoms with Crippen LogP contribution in [0.15, 0.2) is 11.6 Å². The lowest BCUT2D eigenvalue weighted by Crippen LogP contribution is -2.49. The second-order valence-corrected chi connectivity index (χ2v) is 5.79. The Balaban J connectivity index is 1.67. The van der Waals surface area contributed by atoms with Gasteiger partial charge in [0, 0.05) is 19.1 Å². The molecule has 94 valence electrons. The number of nitrogens with zero attached hydrogens (tertiary/aromatic N) is 1. The first-order valence-electron chi connectivity index (χ1n) is 6.56. The average Bonchev–Trinajstić information content (AvgIpc) is 3.10. The van der Waals surface area contributed by atoms with Crippen molar-refractivity contribution in [3.8, 4) is 0 Å². The van der Waals surface area contributed by atoms with Crippen molar-refractivity contribution in [1.82, 2.24) is 4.90 Å². The third-order valence-corrected chi connectivity index (χ3v) is 4.84. The maximum Gasteiger partial charge on any atom is 0.407 e. The van der Waals surface area contributed by atoms with Gasteiger partial charge >= 0.3 is 6.09 Å². The Bertz CT molecular complexity index is 366. The van der Waals surface area contributed by atoms with E-state index in [9.17, 15) is 4.79 Å². The van der Waals surface area contributed by atoms with Gasteiger partial charge in [-0.05, 0) is 43.4 Å². The molecular weight excluding hydrogens is 216 g/mol. The summed E-state index contributed by atoms with van der Waals surface area (Å²) in [4.78, 5) is 12.4. The Morgan fingerprint density at radius 1 is 1.41 bits per heavy atom. The van der Waals surface area contributed by atoms with Gasteiger partial charge in [0.2, 0.25) is 0 Å². The molecule has 0 aromatic carbocycles. The number of likely N-dealkylation sites (tertiary alicyclic amines) is 1. The van der Waals surface area contributed by atoms with E-state index in [1.54, 1.807) is 0 Å². The van der Waals surface area contributed by atoms with E-state index in [0.29, 0.717) is 13.1 Å². The molecular formula is C13H20N2O2. The molecule has 0 aromatic rings. The molecule has 1 saturated carbocycles. The molecule has 1 atom stereocenters. The quantitative estimate of drug-likeness (QED) is 0.682. The zero-order valence-electron chi connectivity index (χ0n) is 10.1. The van der Waals surface area contributed by atoms with Gasteiger partial charge in [-0.15, -0.1) is 0 Å². The van der Waals surface area contributed by atoms with Crippen LogP contribution in [0.2, 0.25) is 0 Å². The molecule has 1 heterocycles. The average molecular weight is 236 g/mol. The summed E-state index contributed by atoms with van der Waals surface area (Å²) in [5, 5.41) is 8.97. The number of nitrogens with two attached hydrogens (primary N) is 1. The van der Waals surface area contributed by atoms with E-state index in [-0.39, 0.29) is 11.5 Å². The zero-order chi connectivity index (χ0) is 12.0. The van der Waals surface area contributed by atoms with Crippen molar-refractivity contribution in [2.75, 3.05) is 13.1 Å². The van der Waals surface area contributed by atoms with E-state index in [2.05, 4.69) is 6.08 Å². The minimum Gasteiger partial charge on any atom is -0.465 e. The van der Waals surface area contributed by atoms with Crippen molar-refractivity contribution >= 4 is 6.09 Å². The maximum atomic E-state index is 10.9. The summed E-state index contributed by atoms with van der Waals surface area (Å²) in [7, 11) is 0. The van der Waals surface area contributed by atoms with Gasteiger partial charge in [0.05, 0.1) is 0 Å². The minimum absolute atomic E-state index is 0.171. The van der Waals surface area contributed by atoms with E-state index < -0.39 is 6.09 Å². The van der Waals surface area contributed by atoms with Gasteiger partial charge < -0.3 is 15.7 Å². The van der Waals surface area contributed by atoms with Crippen molar-refractivity contribution in [3.05, 3.63) is 11.6 Å². The van der Waals surface area contributed by atoms with Gasteiger partial charge in [-0.2, -0.15) is 0 Å². The maximum absolute atomic E-state index is 10.9. The van der Waals surface area contributed by atoms with Gasteiger partial charge in [0.1, 0.15) is 0 Å². The van der Waals surface area contributed by atoms with Gasteiger partial charge in [0.25, 0.3) is 0 Å². The topological polar surface area (TPSA) is 66.6 Å². The first kappa shape index (κ1) is 11.1. The second-order valence-electron chi connectivity index (χ2n) is 5.79. The highest BCUT2D eigenvalue weighted by molar-refractivity contribution is 5.65. The summed E-state index contributed by atoms with van der Waals surface area (Å²) >= 11 is 0. The van der Waals surface area contributed by atoms with E-state index in [1.807, 2.05) is 0 Å². The number of rotatable bonds is 1. The number of hydrogen-bond donors (Lipinski definition) is 2. The number of carbonyl (C=O) groups is 1. The molecule has 4 heteroatoms. The second kappa shape index (κ2) is 3.73. The molecule has 0 bridgehead atoms. The van der Waals surface area contributed by atoms with Crippen LogP contribution in [0.3, 0.4) is 0 Å². The SMILES string of the molecule is NC1C(C2CC2)=CCC12CCN(C(=O)O)CC2. The Hall–Kier alpha value is -1.03. The summed E-state index contributed by atoms with van der Waals surface area (Å²) in [5.41, 5.74) is 8.05. The molecule has 1 saturated heterocycles. The van der Waals surface area contributed by atoms with Crippen LogP contribution in [-0.2, 0) is 0 Å². The Kier molecular flexibility index (Phi) is 2.43. The van der Waals surface area contributed by atoms with Crippen molar-refractivity contribution in [2.24, 2.45) is 17.1 Å². The molecule has 4 nitrogen and oxygen atoms in total. The molecule has 2 fully saturated rings. The Morgan fingerprint density at radius 3 is 2.59 bits per heavy atom. The summed E-state index contributed by atoms with van der Waals surface area (Å²) in [6.07, 6.45) is 7.07. The number of piperidine rings is 1. The summed E-state index contributed by atoms with van der Waals surface area (Å²) < 4.78 is 0. The van der Waals surface area contributed by atoms with E-state index in [4.69, 9.17) is 10.8 Å². The first-order chi connectivity index (χ1) is 8.12. The Labute approximate surface area is 101 Å². The fraction of sp³-hybridized carbons (Fsp3) is 0.769. The standard InChI is InChI=1S/C13H20N2O2/c14-11-10(9-1-2-9)3-4-13(11)5-7-15(8-6-13)12(16)17/h3,9,11H,1-2,4-8,14H2,(H,16,17). The zero-order valence-corrected chi connectivity index (χ0v) is 10.1. The summed E-state index contributed by atoms with van der Waals surface area (Å²) in [6, 6.07) is 0.186. The monoisotopic (exact) mass is 236 g/mol. The molecule has 2 aliphatic carbocycles. The van der Waals surface area contributed by atoms with Gasteiger partial charge in [-0.1, -0.05) is 11.6 Å². The fourth-order valence-corrected chi connectivity index (χ4v) is 3.42. The molecule has 0 aromatic heterocycles. The van der Waals surface area contributed by atoms with E-state index >= 15 is 0 Å². The number of carboxylic acid groups (broad SMARTS) is 1. The van der Waals surface area contributed by atoms with Crippen molar-refractivity contribution in [3.63, 3.8) is 0 Å². The first-order valence-corrected chi connectivity index (χ1v) is 6.56.